The van der Waals surface area contributed by atoms with E-state index in [1.165, 1.54) is 6.07 Å². The molecule has 1 amide bonds. The number of hydrogen-bond acceptors (Lipinski definition) is 3. The predicted octanol–water partition coefficient (Wildman–Crippen LogP) is 2.03. The first-order chi connectivity index (χ1) is 10.1. The zero-order chi connectivity index (χ0) is 15.2. The van der Waals surface area contributed by atoms with Gasteiger partial charge in [0.15, 0.2) is 0 Å². The lowest BCUT2D eigenvalue weighted by Gasteiger charge is -2.17. The lowest BCUT2D eigenvalue weighted by molar-refractivity contribution is 0.0916. The molecule has 0 heterocycles. The van der Waals surface area contributed by atoms with Gasteiger partial charge >= 0.3 is 0 Å². The highest BCUT2D eigenvalue weighted by Gasteiger charge is 2.15. The lowest BCUT2D eigenvalue weighted by atomic mass is 10.0. The van der Waals surface area contributed by atoms with Crippen LogP contribution in [-0.2, 0) is 6.42 Å². The summed E-state index contributed by atoms with van der Waals surface area (Å²) in [6, 6.07) is 14.0. The summed E-state index contributed by atoms with van der Waals surface area (Å²) in [5.41, 5.74) is 2.25. The largest absolute Gasteiger partial charge is 0.508 e. The van der Waals surface area contributed by atoms with Crippen LogP contribution in [0, 0.1) is 6.92 Å². The van der Waals surface area contributed by atoms with Gasteiger partial charge in [0, 0.05) is 5.56 Å². The Bertz CT molecular complexity index is 611. The predicted molar refractivity (Wildman–Crippen MR) is 81.3 cm³/mol. The molecule has 0 saturated carbocycles. The van der Waals surface area contributed by atoms with E-state index >= 15 is 0 Å². The van der Waals surface area contributed by atoms with Gasteiger partial charge in [-0.15, -0.1) is 0 Å². The molecule has 2 aromatic carbocycles. The molecular weight excluding hydrogens is 266 g/mol. The van der Waals surface area contributed by atoms with Crippen molar-refractivity contribution >= 4 is 5.91 Å². The Kier molecular flexibility index (Phi) is 4.95. The van der Waals surface area contributed by atoms with Crippen LogP contribution in [-0.4, -0.2) is 28.8 Å². The van der Waals surface area contributed by atoms with Crippen molar-refractivity contribution in [2.24, 2.45) is 0 Å². The molecule has 2 aromatic rings. The maximum atomic E-state index is 12.2. The molecule has 4 heteroatoms. The Hall–Kier alpha value is -2.33. The number of carbonyl (C=O) groups is 1. The number of aryl methyl sites for hydroxylation is 1. The molecule has 0 radical (unpaired) electrons. The Balaban J connectivity index is 2.06. The Morgan fingerprint density at radius 1 is 1.19 bits per heavy atom. The van der Waals surface area contributed by atoms with Crippen LogP contribution in [0.25, 0.3) is 0 Å². The van der Waals surface area contributed by atoms with Crippen molar-refractivity contribution in [3.8, 4) is 5.75 Å². The second kappa shape index (κ2) is 6.90. The first-order valence-corrected chi connectivity index (χ1v) is 6.85. The summed E-state index contributed by atoms with van der Waals surface area (Å²) in [4.78, 5) is 12.2. The van der Waals surface area contributed by atoms with Crippen LogP contribution in [0.4, 0.5) is 0 Å². The number of hydrogen-bond donors (Lipinski definition) is 3. The quantitative estimate of drug-likeness (QED) is 0.787. The maximum absolute atomic E-state index is 12.2. The number of rotatable bonds is 5. The molecule has 110 valence electrons. The van der Waals surface area contributed by atoms with Crippen LogP contribution < -0.4 is 5.32 Å². The summed E-state index contributed by atoms with van der Waals surface area (Å²) in [6.07, 6.45) is 0.570. The molecule has 0 aliphatic rings. The maximum Gasteiger partial charge on any atom is 0.251 e. The normalized spacial score (nSPS) is 11.9. The number of aromatic hydroxyl groups is 1. The highest BCUT2D eigenvalue weighted by Crippen LogP contribution is 2.16. The van der Waals surface area contributed by atoms with E-state index in [0.717, 1.165) is 5.56 Å². The van der Waals surface area contributed by atoms with Crippen molar-refractivity contribution in [2.45, 2.75) is 19.4 Å². The third-order valence-corrected chi connectivity index (χ3v) is 3.34. The van der Waals surface area contributed by atoms with Crippen LogP contribution in [0.2, 0.25) is 0 Å². The Labute approximate surface area is 124 Å². The molecule has 1 atom stereocenters. The average molecular weight is 285 g/mol. The van der Waals surface area contributed by atoms with Gasteiger partial charge in [0.05, 0.1) is 12.6 Å². The minimum atomic E-state index is -0.340. The fourth-order valence-corrected chi connectivity index (χ4v) is 2.23. The van der Waals surface area contributed by atoms with E-state index in [1.54, 1.807) is 19.1 Å². The number of aliphatic hydroxyl groups is 1. The first-order valence-electron chi connectivity index (χ1n) is 6.85. The first kappa shape index (κ1) is 15.1. The van der Waals surface area contributed by atoms with Crippen molar-refractivity contribution in [3.63, 3.8) is 0 Å². The standard InChI is InChI=1S/C17H19NO3/c1-12-9-15(20)7-8-16(12)17(21)18-14(11-19)10-13-5-3-2-4-6-13/h2-9,14,19-20H,10-11H2,1H3,(H,18,21). The summed E-state index contributed by atoms with van der Waals surface area (Å²) in [5, 5.41) is 21.6. The molecule has 0 aliphatic heterocycles. The van der Waals surface area contributed by atoms with Gasteiger partial charge in [-0.1, -0.05) is 30.3 Å². The molecule has 0 aliphatic carbocycles. The monoisotopic (exact) mass is 285 g/mol. The molecule has 3 N–H and O–H groups in total. The van der Waals surface area contributed by atoms with Crippen molar-refractivity contribution in [3.05, 3.63) is 65.2 Å². The molecular formula is C17H19NO3. The second-order valence-electron chi connectivity index (χ2n) is 5.04. The molecule has 4 nitrogen and oxygen atoms in total. The number of benzene rings is 2. The summed E-state index contributed by atoms with van der Waals surface area (Å²) in [7, 11) is 0. The van der Waals surface area contributed by atoms with Crippen LogP contribution >= 0.6 is 0 Å². The minimum Gasteiger partial charge on any atom is -0.508 e. The third kappa shape index (κ3) is 4.07. The molecule has 0 aromatic heterocycles. The highest BCUT2D eigenvalue weighted by atomic mass is 16.3. The van der Waals surface area contributed by atoms with E-state index in [4.69, 9.17) is 0 Å². The number of amides is 1. The second-order valence-corrected chi connectivity index (χ2v) is 5.04. The van der Waals surface area contributed by atoms with E-state index in [2.05, 4.69) is 5.32 Å². The molecule has 0 fully saturated rings. The van der Waals surface area contributed by atoms with Gasteiger partial charge < -0.3 is 15.5 Å². The average Bonchev–Trinajstić information content (AvgIpc) is 2.47. The van der Waals surface area contributed by atoms with E-state index < -0.39 is 0 Å². The van der Waals surface area contributed by atoms with Crippen molar-refractivity contribution in [1.82, 2.24) is 5.32 Å². The number of carbonyl (C=O) groups excluding carboxylic acids is 1. The summed E-state index contributed by atoms with van der Waals surface area (Å²) >= 11 is 0. The van der Waals surface area contributed by atoms with Crippen molar-refractivity contribution < 1.29 is 15.0 Å². The lowest BCUT2D eigenvalue weighted by Crippen LogP contribution is -2.39. The summed E-state index contributed by atoms with van der Waals surface area (Å²) in [5.74, 6) is -0.116. The van der Waals surface area contributed by atoms with Crippen molar-refractivity contribution in [1.29, 1.82) is 0 Å². The molecule has 21 heavy (non-hydrogen) atoms. The van der Waals surface area contributed by atoms with Gasteiger partial charge in [-0.05, 0) is 42.7 Å². The molecule has 0 bridgehead atoms. The zero-order valence-electron chi connectivity index (χ0n) is 11.9. The van der Waals surface area contributed by atoms with Gasteiger partial charge in [0.1, 0.15) is 5.75 Å². The van der Waals surface area contributed by atoms with Gasteiger partial charge in [-0.2, -0.15) is 0 Å². The molecule has 2 rings (SSSR count). The van der Waals surface area contributed by atoms with Crippen LogP contribution in [0.5, 0.6) is 5.75 Å². The number of phenols is 1. The number of phenolic OH excluding ortho intramolecular Hbond substituents is 1. The molecule has 0 saturated heterocycles. The fourth-order valence-electron chi connectivity index (χ4n) is 2.23. The van der Waals surface area contributed by atoms with Gasteiger partial charge in [0.25, 0.3) is 5.91 Å². The topological polar surface area (TPSA) is 69.6 Å². The zero-order valence-corrected chi connectivity index (χ0v) is 11.9. The molecule has 1 unspecified atom stereocenters. The summed E-state index contributed by atoms with van der Waals surface area (Å²) < 4.78 is 0. The molecule has 0 spiro atoms. The number of aliphatic hydroxyl groups excluding tert-OH is 1. The number of nitrogens with one attached hydrogen (secondary N) is 1. The minimum absolute atomic E-state index is 0.127. The fraction of sp³-hybridized carbons (Fsp3) is 0.235. The van der Waals surface area contributed by atoms with E-state index in [9.17, 15) is 15.0 Å². The Morgan fingerprint density at radius 2 is 1.90 bits per heavy atom. The van der Waals surface area contributed by atoms with Crippen molar-refractivity contribution in [2.75, 3.05) is 6.61 Å². The van der Waals surface area contributed by atoms with Crippen LogP contribution in [0.3, 0.4) is 0 Å². The van der Waals surface area contributed by atoms with Gasteiger partial charge in [-0.25, -0.2) is 0 Å². The Morgan fingerprint density at radius 3 is 2.52 bits per heavy atom. The highest BCUT2D eigenvalue weighted by molar-refractivity contribution is 5.96. The van der Waals surface area contributed by atoms with E-state index in [-0.39, 0.29) is 24.3 Å². The smallest absolute Gasteiger partial charge is 0.251 e. The van der Waals surface area contributed by atoms with Crippen LogP contribution in [0.15, 0.2) is 48.5 Å². The van der Waals surface area contributed by atoms with Gasteiger partial charge in [-0.3, -0.25) is 4.79 Å². The van der Waals surface area contributed by atoms with E-state index in [1.807, 2.05) is 30.3 Å². The SMILES string of the molecule is Cc1cc(O)ccc1C(=O)NC(CO)Cc1ccccc1. The third-order valence-electron chi connectivity index (χ3n) is 3.34. The summed E-state index contributed by atoms with van der Waals surface area (Å²) in [6.45, 7) is 1.64. The van der Waals surface area contributed by atoms with E-state index in [0.29, 0.717) is 17.5 Å². The van der Waals surface area contributed by atoms with Crippen LogP contribution in [0.1, 0.15) is 21.5 Å². The van der Waals surface area contributed by atoms with Gasteiger partial charge in [0.2, 0.25) is 0 Å².